The molecule has 0 unspecified atom stereocenters. The summed E-state index contributed by atoms with van der Waals surface area (Å²) >= 11 is 0. The third kappa shape index (κ3) is 2.46. The van der Waals surface area contributed by atoms with Crippen molar-refractivity contribution in [2.75, 3.05) is 0 Å². The highest BCUT2D eigenvalue weighted by molar-refractivity contribution is 5.92. The number of hydrogen-bond donors (Lipinski definition) is 2. The van der Waals surface area contributed by atoms with Gasteiger partial charge in [0.25, 0.3) is 0 Å². The van der Waals surface area contributed by atoms with E-state index in [-0.39, 0.29) is 17.2 Å². The second-order valence-electron chi connectivity index (χ2n) is 3.27. The van der Waals surface area contributed by atoms with Crippen LogP contribution in [-0.2, 0) is 0 Å². The smallest absolute Gasteiger partial charge is 0.374 e. The van der Waals surface area contributed by atoms with Gasteiger partial charge in [-0.2, -0.15) is 0 Å². The van der Waals surface area contributed by atoms with E-state index in [9.17, 15) is 14.7 Å². The molecule has 0 aliphatic carbocycles. The van der Waals surface area contributed by atoms with Crippen LogP contribution in [0.5, 0.6) is 11.5 Å². The third-order valence-corrected chi connectivity index (χ3v) is 1.96. The first-order valence-corrected chi connectivity index (χ1v) is 4.77. The van der Waals surface area contributed by atoms with Gasteiger partial charge in [0.05, 0.1) is 0 Å². The van der Waals surface area contributed by atoms with Crippen molar-refractivity contribution in [3.63, 3.8) is 0 Å². The lowest BCUT2D eigenvalue weighted by Crippen LogP contribution is -2.08. The largest absolute Gasteiger partial charge is 0.508 e. The minimum absolute atomic E-state index is 0.0633. The topological polar surface area (TPSA) is 110 Å². The van der Waals surface area contributed by atoms with E-state index in [0.29, 0.717) is 0 Å². The van der Waals surface area contributed by atoms with Gasteiger partial charge >= 0.3 is 11.9 Å². The molecule has 18 heavy (non-hydrogen) atoms. The van der Waals surface area contributed by atoms with Crippen molar-refractivity contribution < 1.29 is 29.1 Å². The molecule has 0 aliphatic rings. The van der Waals surface area contributed by atoms with Gasteiger partial charge in [0.1, 0.15) is 11.5 Å². The number of ether oxygens (including phenoxy) is 1. The highest BCUT2D eigenvalue weighted by Gasteiger charge is 2.18. The van der Waals surface area contributed by atoms with Crippen molar-refractivity contribution in [3.8, 4) is 11.5 Å². The van der Waals surface area contributed by atoms with Gasteiger partial charge in [0.15, 0.2) is 5.69 Å². The summed E-state index contributed by atoms with van der Waals surface area (Å²) in [4.78, 5) is 22.1. The Labute approximate surface area is 100 Å². The van der Waals surface area contributed by atoms with Crippen molar-refractivity contribution >= 4 is 11.9 Å². The number of phenols is 1. The molecule has 0 spiro atoms. The van der Waals surface area contributed by atoms with Crippen molar-refractivity contribution in [2.24, 2.45) is 0 Å². The molecular weight excluding hydrogens is 242 g/mol. The Bertz CT molecular complexity index is 603. The number of carbonyl (C=O) groups is 2. The van der Waals surface area contributed by atoms with Crippen molar-refractivity contribution in [1.82, 2.24) is 5.16 Å². The standard InChI is InChI=1S/C11H7NO6/c13-6-2-1-3-7(4-6)17-11(16)8-5-9(10(14)15)18-12-8/h1-5,13H,(H,14,15). The Kier molecular flexibility index (Phi) is 2.96. The van der Waals surface area contributed by atoms with E-state index in [1.54, 1.807) is 0 Å². The van der Waals surface area contributed by atoms with Crippen LogP contribution >= 0.6 is 0 Å². The van der Waals surface area contributed by atoms with Gasteiger partial charge < -0.3 is 19.5 Å². The molecule has 1 heterocycles. The zero-order valence-corrected chi connectivity index (χ0v) is 8.86. The van der Waals surface area contributed by atoms with Gasteiger partial charge in [-0.25, -0.2) is 9.59 Å². The monoisotopic (exact) mass is 249 g/mol. The number of esters is 1. The Balaban J connectivity index is 2.14. The molecule has 1 aromatic heterocycles. The first-order valence-electron chi connectivity index (χ1n) is 4.77. The van der Waals surface area contributed by atoms with Crippen LogP contribution in [0.1, 0.15) is 21.0 Å². The number of carbonyl (C=O) groups excluding carboxylic acids is 1. The van der Waals surface area contributed by atoms with E-state index in [0.717, 1.165) is 6.07 Å². The van der Waals surface area contributed by atoms with Gasteiger partial charge in [-0.1, -0.05) is 11.2 Å². The van der Waals surface area contributed by atoms with Crippen LogP contribution in [0.4, 0.5) is 0 Å². The van der Waals surface area contributed by atoms with E-state index < -0.39 is 17.7 Å². The summed E-state index contributed by atoms with van der Waals surface area (Å²) in [7, 11) is 0. The fraction of sp³-hybridized carbons (Fsp3) is 0. The van der Waals surface area contributed by atoms with Crippen LogP contribution in [0.25, 0.3) is 0 Å². The van der Waals surface area contributed by atoms with Crippen molar-refractivity contribution in [3.05, 3.63) is 41.8 Å². The Morgan fingerprint density at radius 1 is 1.28 bits per heavy atom. The SMILES string of the molecule is O=C(Oc1cccc(O)c1)c1cc(C(=O)O)on1. The summed E-state index contributed by atoms with van der Waals surface area (Å²) in [5, 5.41) is 21.0. The Hall–Kier alpha value is -2.83. The number of benzene rings is 1. The molecule has 0 saturated carbocycles. The fourth-order valence-corrected chi connectivity index (χ4v) is 1.18. The van der Waals surface area contributed by atoms with Gasteiger partial charge in [-0.3, -0.25) is 0 Å². The number of hydrogen-bond acceptors (Lipinski definition) is 6. The molecule has 1 aromatic carbocycles. The van der Waals surface area contributed by atoms with Crippen LogP contribution in [0.2, 0.25) is 0 Å². The van der Waals surface area contributed by atoms with Crippen molar-refractivity contribution in [1.29, 1.82) is 0 Å². The number of aromatic nitrogens is 1. The predicted octanol–water partition coefficient (Wildman–Crippen LogP) is 1.30. The maximum Gasteiger partial charge on any atom is 0.374 e. The molecule has 2 aromatic rings. The molecule has 0 radical (unpaired) electrons. The second-order valence-corrected chi connectivity index (χ2v) is 3.27. The molecule has 92 valence electrons. The molecule has 0 saturated heterocycles. The molecule has 0 atom stereocenters. The highest BCUT2D eigenvalue weighted by Crippen LogP contribution is 2.18. The first-order chi connectivity index (χ1) is 8.56. The summed E-state index contributed by atoms with van der Waals surface area (Å²) in [6.45, 7) is 0. The molecule has 2 N–H and O–H groups in total. The molecule has 0 bridgehead atoms. The lowest BCUT2D eigenvalue weighted by Gasteiger charge is -2.01. The molecule has 0 fully saturated rings. The summed E-state index contributed by atoms with van der Waals surface area (Å²) in [5.41, 5.74) is -0.268. The van der Waals surface area contributed by atoms with Gasteiger partial charge in [-0.15, -0.1) is 0 Å². The zero-order valence-electron chi connectivity index (χ0n) is 8.86. The van der Waals surface area contributed by atoms with Gasteiger partial charge in [0.2, 0.25) is 5.76 Å². The second kappa shape index (κ2) is 4.58. The lowest BCUT2D eigenvalue weighted by molar-refractivity contribution is 0.0647. The van der Waals surface area contributed by atoms with E-state index in [2.05, 4.69) is 9.68 Å². The molecule has 7 heteroatoms. The highest BCUT2D eigenvalue weighted by atomic mass is 16.5. The van der Waals surface area contributed by atoms with E-state index in [1.165, 1.54) is 24.3 Å². The normalized spacial score (nSPS) is 10.0. The van der Waals surface area contributed by atoms with E-state index in [1.807, 2.05) is 0 Å². The number of phenolic OH excluding ortho intramolecular Hbond substituents is 1. The molecular formula is C11H7NO6. The number of aromatic carboxylic acids is 1. The number of aromatic hydroxyl groups is 1. The van der Waals surface area contributed by atoms with Crippen LogP contribution in [0, 0.1) is 0 Å². The number of rotatable bonds is 3. The summed E-state index contributed by atoms with van der Waals surface area (Å²) in [5.74, 6) is -2.62. The average molecular weight is 249 g/mol. The maximum atomic E-state index is 11.5. The summed E-state index contributed by atoms with van der Waals surface area (Å²) < 4.78 is 9.27. The van der Waals surface area contributed by atoms with E-state index in [4.69, 9.17) is 9.84 Å². The predicted molar refractivity (Wildman–Crippen MR) is 56.5 cm³/mol. The third-order valence-electron chi connectivity index (χ3n) is 1.96. The quantitative estimate of drug-likeness (QED) is 0.623. The van der Waals surface area contributed by atoms with Crippen LogP contribution in [0.3, 0.4) is 0 Å². The number of nitrogens with zero attached hydrogens (tertiary/aromatic N) is 1. The molecule has 7 nitrogen and oxygen atoms in total. The summed E-state index contributed by atoms with van der Waals surface area (Å²) in [6.07, 6.45) is 0. The molecule has 0 aliphatic heterocycles. The van der Waals surface area contributed by atoms with Gasteiger partial charge in [0, 0.05) is 12.1 Å². The Morgan fingerprint density at radius 2 is 2.06 bits per heavy atom. The van der Waals surface area contributed by atoms with E-state index >= 15 is 0 Å². The molecule has 0 amide bonds. The average Bonchev–Trinajstić information content (AvgIpc) is 2.78. The fourth-order valence-electron chi connectivity index (χ4n) is 1.18. The number of carboxylic acid groups (broad SMARTS) is 1. The molecule has 2 rings (SSSR count). The minimum atomic E-state index is -1.33. The summed E-state index contributed by atoms with van der Waals surface area (Å²) in [6, 6.07) is 6.54. The first kappa shape index (κ1) is 11.6. The van der Waals surface area contributed by atoms with Gasteiger partial charge in [-0.05, 0) is 12.1 Å². The van der Waals surface area contributed by atoms with Crippen LogP contribution in [-0.4, -0.2) is 27.3 Å². The Morgan fingerprint density at radius 3 is 2.67 bits per heavy atom. The van der Waals surface area contributed by atoms with Crippen LogP contribution < -0.4 is 4.74 Å². The zero-order chi connectivity index (χ0) is 13.1. The lowest BCUT2D eigenvalue weighted by atomic mass is 10.3. The minimum Gasteiger partial charge on any atom is -0.508 e. The maximum absolute atomic E-state index is 11.5. The van der Waals surface area contributed by atoms with Crippen molar-refractivity contribution in [2.45, 2.75) is 0 Å². The number of carboxylic acids is 1. The van der Waals surface area contributed by atoms with Crippen LogP contribution in [0.15, 0.2) is 34.9 Å².